The smallest absolute Gasteiger partial charge is 0.0605 e. The lowest BCUT2D eigenvalue weighted by Gasteiger charge is -2.20. The average molecular weight is 290 g/mol. The SMILES string of the molecule is CC(O)C[C@H]1CC[C@@H](O)[C@@H]1/C=C/CCCC1=CCCC=C1. The molecule has 0 aromatic heterocycles. The largest absolute Gasteiger partial charge is 0.393 e. The van der Waals surface area contributed by atoms with Gasteiger partial charge >= 0.3 is 0 Å². The molecule has 0 spiro atoms. The van der Waals surface area contributed by atoms with Crippen LogP contribution < -0.4 is 0 Å². The van der Waals surface area contributed by atoms with Crippen LogP contribution >= 0.6 is 0 Å². The topological polar surface area (TPSA) is 40.5 Å². The summed E-state index contributed by atoms with van der Waals surface area (Å²) < 4.78 is 0. The van der Waals surface area contributed by atoms with E-state index in [0.29, 0.717) is 5.92 Å². The Hall–Kier alpha value is -0.860. The molecule has 1 unspecified atom stereocenters. The van der Waals surface area contributed by atoms with Gasteiger partial charge in [0, 0.05) is 5.92 Å². The summed E-state index contributed by atoms with van der Waals surface area (Å²) in [7, 11) is 0. The molecule has 0 radical (unpaired) electrons. The van der Waals surface area contributed by atoms with Gasteiger partial charge in [-0.15, -0.1) is 0 Å². The molecule has 1 saturated carbocycles. The molecule has 0 aromatic rings. The van der Waals surface area contributed by atoms with E-state index in [1.165, 1.54) is 24.8 Å². The first-order valence-corrected chi connectivity index (χ1v) is 8.55. The number of hydrogen-bond acceptors (Lipinski definition) is 2. The Kier molecular flexibility index (Phi) is 6.72. The standard InChI is InChI=1S/C19H30O2/c1-15(20)14-17-12-13-19(21)18(17)11-7-3-6-10-16-8-4-2-5-9-16/h4,7-9,11,15,17-21H,2-3,5-6,10,12-14H2,1H3/b11-7+/t15?,17-,18-,19-/m1/s1. The Morgan fingerprint density at radius 1 is 1.33 bits per heavy atom. The zero-order chi connectivity index (χ0) is 15.1. The molecule has 118 valence electrons. The predicted octanol–water partition coefficient (Wildman–Crippen LogP) is 4.15. The number of rotatable bonds is 7. The van der Waals surface area contributed by atoms with Gasteiger partial charge in [0.15, 0.2) is 0 Å². The van der Waals surface area contributed by atoms with Crippen molar-refractivity contribution in [2.75, 3.05) is 0 Å². The third-order valence-corrected chi connectivity index (χ3v) is 4.73. The first-order valence-electron chi connectivity index (χ1n) is 8.55. The molecular formula is C19H30O2. The molecule has 2 aliphatic carbocycles. The number of allylic oxidation sites excluding steroid dienone is 5. The van der Waals surface area contributed by atoms with Gasteiger partial charge in [0.1, 0.15) is 0 Å². The van der Waals surface area contributed by atoms with E-state index in [9.17, 15) is 10.2 Å². The van der Waals surface area contributed by atoms with E-state index in [0.717, 1.165) is 32.1 Å². The van der Waals surface area contributed by atoms with Crippen molar-refractivity contribution >= 4 is 0 Å². The molecule has 2 N–H and O–H groups in total. The van der Waals surface area contributed by atoms with Crippen LogP contribution in [-0.4, -0.2) is 22.4 Å². The minimum atomic E-state index is -0.263. The predicted molar refractivity (Wildman–Crippen MR) is 88.0 cm³/mol. The lowest BCUT2D eigenvalue weighted by atomic mass is 9.89. The van der Waals surface area contributed by atoms with Crippen LogP contribution in [0.4, 0.5) is 0 Å². The van der Waals surface area contributed by atoms with Crippen molar-refractivity contribution in [2.24, 2.45) is 11.8 Å². The molecule has 2 aliphatic rings. The third kappa shape index (κ3) is 5.44. The Balaban J connectivity index is 1.71. The molecule has 0 amide bonds. The summed E-state index contributed by atoms with van der Waals surface area (Å²) in [6.45, 7) is 1.84. The summed E-state index contributed by atoms with van der Waals surface area (Å²) in [6.07, 6.45) is 19.4. The monoisotopic (exact) mass is 290 g/mol. The molecule has 0 heterocycles. The van der Waals surface area contributed by atoms with E-state index in [-0.39, 0.29) is 18.1 Å². The Morgan fingerprint density at radius 2 is 2.19 bits per heavy atom. The van der Waals surface area contributed by atoms with Gasteiger partial charge in [0.2, 0.25) is 0 Å². The quantitative estimate of drug-likeness (QED) is 0.546. The maximum Gasteiger partial charge on any atom is 0.0605 e. The van der Waals surface area contributed by atoms with Crippen molar-refractivity contribution in [3.63, 3.8) is 0 Å². The number of hydrogen-bond donors (Lipinski definition) is 2. The molecule has 0 aliphatic heterocycles. The van der Waals surface area contributed by atoms with Crippen LogP contribution in [0.15, 0.2) is 36.0 Å². The maximum atomic E-state index is 10.1. The Morgan fingerprint density at radius 3 is 2.90 bits per heavy atom. The summed E-state index contributed by atoms with van der Waals surface area (Å²) in [6, 6.07) is 0. The second-order valence-electron chi connectivity index (χ2n) is 6.65. The van der Waals surface area contributed by atoms with Gasteiger partial charge in [-0.05, 0) is 64.2 Å². The second-order valence-corrected chi connectivity index (χ2v) is 6.65. The number of aliphatic hydroxyl groups is 2. The van der Waals surface area contributed by atoms with Crippen molar-refractivity contribution in [1.82, 2.24) is 0 Å². The summed E-state index contributed by atoms with van der Waals surface area (Å²) in [5.74, 6) is 0.689. The lowest BCUT2D eigenvalue weighted by molar-refractivity contribution is 0.117. The molecule has 2 rings (SSSR count). The number of aliphatic hydroxyl groups excluding tert-OH is 2. The van der Waals surface area contributed by atoms with Gasteiger partial charge in [0.25, 0.3) is 0 Å². The fourth-order valence-electron chi connectivity index (χ4n) is 3.61. The highest BCUT2D eigenvalue weighted by molar-refractivity contribution is 5.21. The highest BCUT2D eigenvalue weighted by Gasteiger charge is 2.33. The molecule has 4 atom stereocenters. The minimum absolute atomic E-state index is 0.214. The van der Waals surface area contributed by atoms with Crippen molar-refractivity contribution in [2.45, 2.75) is 70.5 Å². The maximum absolute atomic E-state index is 10.1. The first kappa shape index (κ1) is 16.5. The fraction of sp³-hybridized carbons (Fsp3) is 0.684. The van der Waals surface area contributed by atoms with Crippen molar-refractivity contribution in [1.29, 1.82) is 0 Å². The molecule has 21 heavy (non-hydrogen) atoms. The second kappa shape index (κ2) is 8.55. The van der Waals surface area contributed by atoms with Gasteiger partial charge in [-0.2, -0.15) is 0 Å². The average Bonchev–Trinajstić information content (AvgIpc) is 2.80. The van der Waals surface area contributed by atoms with Gasteiger partial charge in [-0.3, -0.25) is 0 Å². The molecular weight excluding hydrogens is 260 g/mol. The molecule has 0 aromatic carbocycles. The van der Waals surface area contributed by atoms with Gasteiger partial charge in [0.05, 0.1) is 12.2 Å². The molecule has 0 saturated heterocycles. The van der Waals surface area contributed by atoms with Crippen molar-refractivity contribution < 1.29 is 10.2 Å². The Labute approximate surface area is 129 Å². The van der Waals surface area contributed by atoms with E-state index in [2.05, 4.69) is 30.4 Å². The molecule has 2 heteroatoms. The van der Waals surface area contributed by atoms with Crippen LogP contribution in [0.2, 0.25) is 0 Å². The lowest BCUT2D eigenvalue weighted by Crippen LogP contribution is -2.19. The summed E-state index contributed by atoms with van der Waals surface area (Å²) >= 11 is 0. The zero-order valence-corrected chi connectivity index (χ0v) is 13.2. The summed E-state index contributed by atoms with van der Waals surface area (Å²) in [4.78, 5) is 0. The van der Waals surface area contributed by atoms with E-state index in [4.69, 9.17) is 0 Å². The van der Waals surface area contributed by atoms with Crippen LogP contribution in [0.3, 0.4) is 0 Å². The highest BCUT2D eigenvalue weighted by Crippen LogP contribution is 2.36. The van der Waals surface area contributed by atoms with Crippen LogP contribution in [0.5, 0.6) is 0 Å². The van der Waals surface area contributed by atoms with Crippen molar-refractivity contribution in [3.8, 4) is 0 Å². The van der Waals surface area contributed by atoms with Crippen LogP contribution in [0, 0.1) is 11.8 Å². The Bertz CT molecular complexity index is 392. The van der Waals surface area contributed by atoms with Crippen molar-refractivity contribution in [3.05, 3.63) is 36.0 Å². The normalized spacial score (nSPS) is 30.8. The summed E-state index contributed by atoms with van der Waals surface area (Å²) in [5, 5.41) is 19.6. The molecule has 2 nitrogen and oxygen atoms in total. The van der Waals surface area contributed by atoms with Crippen LogP contribution in [0.1, 0.15) is 58.3 Å². The third-order valence-electron chi connectivity index (χ3n) is 4.73. The van der Waals surface area contributed by atoms with Gasteiger partial charge in [-0.1, -0.05) is 36.0 Å². The van der Waals surface area contributed by atoms with E-state index < -0.39 is 0 Å². The summed E-state index contributed by atoms with van der Waals surface area (Å²) in [5.41, 5.74) is 1.47. The van der Waals surface area contributed by atoms with Crippen LogP contribution in [0.25, 0.3) is 0 Å². The van der Waals surface area contributed by atoms with E-state index in [1.807, 2.05) is 6.92 Å². The van der Waals surface area contributed by atoms with E-state index >= 15 is 0 Å². The first-order chi connectivity index (χ1) is 10.2. The highest BCUT2D eigenvalue weighted by atomic mass is 16.3. The van der Waals surface area contributed by atoms with Crippen LogP contribution in [-0.2, 0) is 0 Å². The van der Waals surface area contributed by atoms with Gasteiger partial charge < -0.3 is 10.2 Å². The number of unbranched alkanes of at least 4 members (excludes halogenated alkanes) is 1. The van der Waals surface area contributed by atoms with E-state index in [1.54, 1.807) is 0 Å². The molecule has 1 fully saturated rings. The minimum Gasteiger partial charge on any atom is -0.393 e. The molecule has 0 bridgehead atoms. The zero-order valence-electron chi connectivity index (χ0n) is 13.2. The van der Waals surface area contributed by atoms with Gasteiger partial charge in [-0.25, -0.2) is 0 Å². The fourth-order valence-corrected chi connectivity index (χ4v) is 3.61.